The van der Waals surface area contributed by atoms with Crippen molar-refractivity contribution in [3.8, 4) is 5.75 Å². The fourth-order valence-corrected chi connectivity index (χ4v) is 2.23. The smallest absolute Gasteiger partial charge is 0.255 e. The van der Waals surface area contributed by atoms with Gasteiger partial charge in [-0.1, -0.05) is 0 Å². The lowest BCUT2D eigenvalue weighted by Gasteiger charge is -2.11. The first-order chi connectivity index (χ1) is 11.5. The van der Waals surface area contributed by atoms with Crippen LogP contribution >= 0.6 is 0 Å². The van der Waals surface area contributed by atoms with Gasteiger partial charge in [0.2, 0.25) is 5.91 Å². The van der Waals surface area contributed by atoms with Crippen molar-refractivity contribution in [1.29, 1.82) is 0 Å². The van der Waals surface area contributed by atoms with Crippen molar-refractivity contribution in [3.05, 3.63) is 53.6 Å². The highest BCUT2D eigenvalue weighted by atomic mass is 16.5. The first-order valence-corrected chi connectivity index (χ1v) is 7.38. The van der Waals surface area contributed by atoms with Gasteiger partial charge in [0.25, 0.3) is 5.91 Å². The van der Waals surface area contributed by atoms with E-state index in [0.29, 0.717) is 29.3 Å². The van der Waals surface area contributed by atoms with E-state index in [-0.39, 0.29) is 11.8 Å². The molecule has 0 radical (unpaired) electrons. The van der Waals surface area contributed by atoms with E-state index in [1.807, 2.05) is 0 Å². The maximum Gasteiger partial charge on any atom is 0.255 e. The summed E-state index contributed by atoms with van der Waals surface area (Å²) in [7, 11) is 3.16. The average Bonchev–Trinajstić information content (AvgIpc) is 2.56. The third-order valence-electron chi connectivity index (χ3n) is 3.31. The molecule has 0 aromatic heterocycles. The maximum atomic E-state index is 12.4. The van der Waals surface area contributed by atoms with E-state index in [4.69, 9.17) is 9.47 Å². The van der Waals surface area contributed by atoms with E-state index in [1.165, 1.54) is 6.92 Å². The molecule has 0 aliphatic heterocycles. The number of benzene rings is 2. The van der Waals surface area contributed by atoms with Gasteiger partial charge in [-0.15, -0.1) is 0 Å². The SMILES string of the molecule is COCc1cc(C(=O)Nc2ccc(NC(C)=O)cc2)ccc1OC. The summed E-state index contributed by atoms with van der Waals surface area (Å²) in [4.78, 5) is 23.4. The van der Waals surface area contributed by atoms with E-state index >= 15 is 0 Å². The minimum Gasteiger partial charge on any atom is -0.496 e. The molecule has 0 unspecified atom stereocenters. The van der Waals surface area contributed by atoms with Gasteiger partial charge < -0.3 is 20.1 Å². The summed E-state index contributed by atoms with van der Waals surface area (Å²) < 4.78 is 10.4. The molecular weight excluding hydrogens is 308 g/mol. The molecule has 24 heavy (non-hydrogen) atoms. The molecule has 0 atom stereocenters. The van der Waals surface area contributed by atoms with Crippen LogP contribution in [0, 0.1) is 0 Å². The second-order valence-corrected chi connectivity index (χ2v) is 5.17. The Morgan fingerprint density at radius 2 is 1.58 bits per heavy atom. The Kier molecular flexibility index (Phi) is 5.92. The number of amides is 2. The van der Waals surface area contributed by atoms with Gasteiger partial charge in [-0.25, -0.2) is 0 Å². The molecule has 6 nitrogen and oxygen atoms in total. The Labute approximate surface area is 140 Å². The number of carbonyl (C=O) groups is 2. The highest BCUT2D eigenvalue weighted by Gasteiger charge is 2.10. The molecule has 2 aromatic rings. The summed E-state index contributed by atoms with van der Waals surface area (Å²) in [6.07, 6.45) is 0. The van der Waals surface area contributed by atoms with E-state index in [9.17, 15) is 9.59 Å². The van der Waals surface area contributed by atoms with Crippen LogP contribution in [0.25, 0.3) is 0 Å². The number of carbonyl (C=O) groups excluding carboxylic acids is 2. The molecule has 2 rings (SSSR count). The predicted molar refractivity (Wildman–Crippen MR) is 92.4 cm³/mol. The van der Waals surface area contributed by atoms with Crippen molar-refractivity contribution in [2.45, 2.75) is 13.5 Å². The number of ether oxygens (including phenoxy) is 2. The highest BCUT2D eigenvalue weighted by molar-refractivity contribution is 6.04. The van der Waals surface area contributed by atoms with Crippen molar-refractivity contribution in [3.63, 3.8) is 0 Å². The topological polar surface area (TPSA) is 76.7 Å². The van der Waals surface area contributed by atoms with Crippen LogP contribution in [-0.2, 0) is 16.1 Å². The van der Waals surface area contributed by atoms with Crippen molar-refractivity contribution in [1.82, 2.24) is 0 Å². The number of hydrogen-bond donors (Lipinski definition) is 2. The van der Waals surface area contributed by atoms with Crippen molar-refractivity contribution < 1.29 is 19.1 Å². The summed E-state index contributed by atoms with van der Waals surface area (Å²) in [6, 6.07) is 12.1. The summed E-state index contributed by atoms with van der Waals surface area (Å²) in [6.45, 7) is 1.80. The fraction of sp³-hybridized carbons (Fsp3) is 0.222. The Balaban J connectivity index is 2.11. The fourth-order valence-electron chi connectivity index (χ4n) is 2.23. The summed E-state index contributed by atoms with van der Waals surface area (Å²) in [5.41, 5.74) is 2.62. The lowest BCUT2D eigenvalue weighted by molar-refractivity contribution is -0.114. The number of methoxy groups -OCH3 is 2. The van der Waals surface area contributed by atoms with Crippen LogP contribution in [0.5, 0.6) is 5.75 Å². The average molecular weight is 328 g/mol. The van der Waals surface area contributed by atoms with Crippen molar-refractivity contribution in [2.75, 3.05) is 24.9 Å². The number of hydrogen-bond acceptors (Lipinski definition) is 4. The second-order valence-electron chi connectivity index (χ2n) is 5.17. The number of anilines is 2. The van der Waals surface area contributed by atoms with Crippen LogP contribution < -0.4 is 15.4 Å². The van der Waals surface area contributed by atoms with Crippen molar-refractivity contribution in [2.24, 2.45) is 0 Å². The monoisotopic (exact) mass is 328 g/mol. The van der Waals surface area contributed by atoms with Gasteiger partial charge in [0.15, 0.2) is 0 Å². The van der Waals surface area contributed by atoms with Gasteiger partial charge in [-0.3, -0.25) is 9.59 Å². The van der Waals surface area contributed by atoms with E-state index in [0.717, 1.165) is 5.56 Å². The quantitative estimate of drug-likeness (QED) is 0.854. The van der Waals surface area contributed by atoms with Gasteiger partial charge in [0.05, 0.1) is 13.7 Å². The minimum absolute atomic E-state index is 0.143. The molecule has 2 amide bonds. The van der Waals surface area contributed by atoms with E-state index in [1.54, 1.807) is 56.7 Å². The number of nitrogens with one attached hydrogen (secondary N) is 2. The van der Waals surface area contributed by atoms with Gasteiger partial charge in [0, 0.05) is 36.5 Å². The standard InChI is InChI=1S/C18H20N2O4/c1-12(21)19-15-5-7-16(8-6-15)20-18(22)13-4-9-17(24-3)14(10-13)11-23-2/h4-10H,11H2,1-3H3,(H,19,21)(H,20,22). The molecule has 0 bridgehead atoms. The molecule has 126 valence electrons. The molecule has 2 N–H and O–H groups in total. The lowest BCUT2D eigenvalue weighted by atomic mass is 10.1. The molecule has 0 fully saturated rings. The van der Waals surface area contributed by atoms with Gasteiger partial charge >= 0.3 is 0 Å². The van der Waals surface area contributed by atoms with Crippen LogP contribution in [0.15, 0.2) is 42.5 Å². The molecule has 0 spiro atoms. The predicted octanol–water partition coefficient (Wildman–Crippen LogP) is 3.05. The molecule has 6 heteroatoms. The van der Waals surface area contributed by atoms with Crippen LogP contribution in [-0.4, -0.2) is 26.0 Å². The Morgan fingerprint density at radius 1 is 0.958 bits per heavy atom. The first-order valence-electron chi connectivity index (χ1n) is 7.38. The summed E-state index contributed by atoms with van der Waals surface area (Å²) in [5, 5.41) is 5.48. The van der Waals surface area contributed by atoms with Crippen LogP contribution in [0.4, 0.5) is 11.4 Å². The molecule has 0 heterocycles. The van der Waals surface area contributed by atoms with Gasteiger partial charge in [-0.2, -0.15) is 0 Å². The second kappa shape index (κ2) is 8.12. The third kappa shape index (κ3) is 4.57. The molecule has 0 aliphatic rings. The van der Waals surface area contributed by atoms with Crippen LogP contribution in [0.3, 0.4) is 0 Å². The van der Waals surface area contributed by atoms with E-state index in [2.05, 4.69) is 10.6 Å². The largest absolute Gasteiger partial charge is 0.496 e. The van der Waals surface area contributed by atoms with Crippen LogP contribution in [0.2, 0.25) is 0 Å². The van der Waals surface area contributed by atoms with Crippen molar-refractivity contribution >= 4 is 23.2 Å². The first kappa shape index (κ1) is 17.5. The summed E-state index contributed by atoms with van der Waals surface area (Å²) in [5.74, 6) is 0.297. The third-order valence-corrected chi connectivity index (χ3v) is 3.31. The van der Waals surface area contributed by atoms with Gasteiger partial charge in [-0.05, 0) is 42.5 Å². The maximum absolute atomic E-state index is 12.4. The minimum atomic E-state index is -0.234. The molecular formula is C18H20N2O4. The molecule has 0 saturated heterocycles. The molecule has 2 aromatic carbocycles. The lowest BCUT2D eigenvalue weighted by Crippen LogP contribution is -2.13. The molecule has 0 saturated carbocycles. The molecule has 0 aliphatic carbocycles. The van der Waals surface area contributed by atoms with Gasteiger partial charge in [0.1, 0.15) is 5.75 Å². The Morgan fingerprint density at radius 3 is 2.12 bits per heavy atom. The van der Waals surface area contributed by atoms with E-state index < -0.39 is 0 Å². The zero-order valence-corrected chi connectivity index (χ0v) is 13.9. The normalized spacial score (nSPS) is 10.1. The summed E-state index contributed by atoms with van der Waals surface area (Å²) >= 11 is 0. The van der Waals surface area contributed by atoms with Crippen LogP contribution in [0.1, 0.15) is 22.8 Å². The Bertz CT molecular complexity index is 726. The zero-order chi connectivity index (χ0) is 17.5. The Hall–Kier alpha value is -2.86. The highest BCUT2D eigenvalue weighted by Crippen LogP contribution is 2.22. The number of rotatable bonds is 6. The zero-order valence-electron chi connectivity index (χ0n) is 13.9.